The van der Waals surface area contributed by atoms with Crippen molar-refractivity contribution in [2.45, 2.75) is 261 Å². The summed E-state index contributed by atoms with van der Waals surface area (Å²) in [5.41, 5.74) is 6.52. The molecular weight excluding hydrogens is 1300 g/mol. The van der Waals surface area contributed by atoms with Crippen LogP contribution in [-0.4, -0.2) is 245 Å². The van der Waals surface area contributed by atoms with Gasteiger partial charge in [0.15, 0.2) is 0 Å². The van der Waals surface area contributed by atoms with Crippen LogP contribution in [0.25, 0.3) is 0 Å². The largest absolute Gasteiger partial charge is 0.390 e. The number of nitrogens with one attached hydrogen (secondary N) is 5. The van der Waals surface area contributed by atoms with Gasteiger partial charge in [0.25, 0.3) is 5.91 Å². The van der Waals surface area contributed by atoms with E-state index in [0.717, 1.165) is 30.6 Å². The molecule has 1 aliphatic rings. The van der Waals surface area contributed by atoms with Crippen LogP contribution >= 0.6 is 0 Å². The standard InChI is InChI=1S/C76H131N13O13/c1-25-27-32-50(15)64(90)63-69(95)81-55(26-2)71(97)86(21)60(43-53-33-35-54(36-34-53)66(92)78-38-31-29-28-30-37-77)73(99)83(18)57(40-45(5)6)68(94)82-61(48(11)12)75(101)84(19)56(39-44(3)4)67(93)79-51(16)65(91)80-52(17)70(96)85(20)58(41-46(7)8)72(98)87(22)59(42-47(9)10)74(100)88(23)62(49(13)14)76(102)89(63)24/h25,27,33-36,44-52,55-64,90H,26,28-32,37-43,77H2,1-24H3,(H,78,92)(H,79,93)(H,80,91)(H,81,95)(H,82,94)/t50-,51+,52-,55+,56+,57+,58+,59+,60?,61+,62+,63+,64-/m1/s1. The zero-order valence-electron chi connectivity index (χ0n) is 66.2. The van der Waals surface area contributed by atoms with Crippen molar-refractivity contribution < 1.29 is 62.6 Å². The molecule has 1 heterocycles. The van der Waals surface area contributed by atoms with Crippen molar-refractivity contribution in [2.75, 3.05) is 62.4 Å². The quantitative estimate of drug-likeness (QED) is 0.0522. The van der Waals surface area contributed by atoms with Crippen LogP contribution in [0.5, 0.6) is 0 Å². The maximum atomic E-state index is 15.7. The highest BCUT2D eigenvalue weighted by Crippen LogP contribution is 2.27. The van der Waals surface area contributed by atoms with Gasteiger partial charge in [-0.15, -0.1) is 0 Å². The Bertz CT molecular complexity index is 2970. The first-order chi connectivity index (χ1) is 47.5. The fourth-order valence-electron chi connectivity index (χ4n) is 13.0. The molecule has 0 spiro atoms. The minimum absolute atomic E-state index is 0.0569. The minimum Gasteiger partial charge on any atom is -0.390 e. The molecule has 0 bridgehead atoms. The summed E-state index contributed by atoms with van der Waals surface area (Å²) in [6.45, 7) is 30.8. The molecule has 1 aromatic carbocycles. The lowest BCUT2D eigenvalue weighted by Crippen LogP contribution is -2.64. The number of hydrogen-bond donors (Lipinski definition) is 7. The molecule has 2 rings (SSSR count). The van der Waals surface area contributed by atoms with E-state index in [4.69, 9.17) is 5.73 Å². The minimum atomic E-state index is -1.69. The number of carbonyl (C=O) groups is 12. The van der Waals surface area contributed by atoms with E-state index < -0.39 is 155 Å². The van der Waals surface area contributed by atoms with Crippen molar-refractivity contribution in [3.8, 4) is 0 Å². The fraction of sp³-hybridized carbons (Fsp3) is 0.737. The van der Waals surface area contributed by atoms with E-state index in [1.807, 2.05) is 55.4 Å². The average Bonchev–Trinajstić information content (AvgIpc) is 0.803. The number of amides is 12. The first-order valence-electron chi connectivity index (χ1n) is 37.0. The van der Waals surface area contributed by atoms with Crippen LogP contribution in [-0.2, 0) is 59.2 Å². The number of allylic oxidation sites excluding steroid dienone is 2. The fourth-order valence-corrected chi connectivity index (χ4v) is 13.0. The van der Waals surface area contributed by atoms with Crippen molar-refractivity contribution in [2.24, 2.45) is 47.2 Å². The lowest BCUT2D eigenvalue weighted by Gasteiger charge is -2.41. The summed E-state index contributed by atoms with van der Waals surface area (Å²) in [5, 5.41) is 26.5. The third-order valence-corrected chi connectivity index (χ3v) is 19.4. The Labute approximate surface area is 609 Å². The Kier molecular flexibility index (Phi) is 38.2. The van der Waals surface area contributed by atoms with E-state index in [1.54, 1.807) is 84.9 Å². The number of nitrogens with two attached hydrogens (primary N) is 1. The van der Waals surface area contributed by atoms with Crippen molar-refractivity contribution in [3.63, 3.8) is 0 Å². The zero-order valence-corrected chi connectivity index (χ0v) is 66.2. The lowest BCUT2D eigenvalue weighted by atomic mass is 9.91. The van der Waals surface area contributed by atoms with Crippen LogP contribution in [0.15, 0.2) is 36.4 Å². The van der Waals surface area contributed by atoms with Crippen molar-refractivity contribution in [3.05, 3.63) is 47.5 Å². The highest BCUT2D eigenvalue weighted by atomic mass is 16.3. The Morgan fingerprint density at radius 2 is 0.922 bits per heavy atom. The Balaban J connectivity index is 3.16. The molecule has 13 atom stereocenters. The zero-order chi connectivity index (χ0) is 78.1. The van der Waals surface area contributed by atoms with Gasteiger partial charge in [-0.1, -0.05) is 134 Å². The van der Waals surface area contributed by atoms with Crippen molar-refractivity contribution in [1.82, 2.24) is 60.9 Å². The number of likely N-dealkylation sites (N-methyl/N-ethyl adjacent to an activating group) is 7. The van der Waals surface area contributed by atoms with Gasteiger partial charge in [-0.3, -0.25) is 57.5 Å². The maximum Gasteiger partial charge on any atom is 0.251 e. The molecule has 12 amide bonds. The molecule has 0 aliphatic carbocycles. The molecule has 0 saturated carbocycles. The van der Waals surface area contributed by atoms with E-state index in [-0.39, 0.29) is 74.5 Å². The smallest absolute Gasteiger partial charge is 0.251 e. The second-order valence-corrected chi connectivity index (χ2v) is 30.7. The second kappa shape index (κ2) is 43.0. The van der Waals surface area contributed by atoms with Crippen LogP contribution in [0.4, 0.5) is 0 Å². The van der Waals surface area contributed by atoms with Gasteiger partial charge >= 0.3 is 0 Å². The Hall–Kier alpha value is -7.48. The van der Waals surface area contributed by atoms with Gasteiger partial charge in [0.05, 0.1) is 6.10 Å². The van der Waals surface area contributed by atoms with E-state index in [9.17, 15) is 29.1 Å². The molecule has 1 fully saturated rings. The Morgan fingerprint density at radius 3 is 1.40 bits per heavy atom. The normalized spacial score (nSPS) is 25.0. The summed E-state index contributed by atoms with van der Waals surface area (Å²) in [4.78, 5) is 187. The molecule has 1 saturated heterocycles. The van der Waals surface area contributed by atoms with E-state index in [1.165, 1.54) is 92.6 Å². The van der Waals surface area contributed by atoms with Gasteiger partial charge in [-0.05, 0) is 138 Å². The van der Waals surface area contributed by atoms with Gasteiger partial charge in [0.1, 0.15) is 66.5 Å². The molecule has 8 N–H and O–H groups in total. The van der Waals surface area contributed by atoms with Gasteiger partial charge in [0, 0.05) is 67.9 Å². The predicted octanol–water partition coefficient (Wildman–Crippen LogP) is 5.13. The summed E-state index contributed by atoms with van der Waals surface area (Å²) >= 11 is 0. The number of benzene rings is 1. The number of hydrogen-bond acceptors (Lipinski definition) is 14. The van der Waals surface area contributed by atoms with Gasteiger partial charge in [-0.2, -0.15) is 0 Å². The van der Waals surface area contributed by atoms with Crippen LogP contribution in [0.2, 0.25) is 0 Å². The summed E-state index contributed by atoms with van der Waals surface area (Å²) in [5.74, 6) is -10.8. The molecule has 0 radical (unpaired) electrons. The number of unbranched alkanes of at least 4 members (excludes halogenated alkanes) is 3. The highest BCUT2D eigenvalue weighted by Gasteiger charge is 2.46. The Morgan fingerprint density at radius 1 is 0.490 bits per heavy atom. The first kappa shape index (κ1) is 90.6. The average molecular weight is 1430 g/mol. The molecule has 26 nitrogen and oxygen atoms in total. The highest BCUT2D eigenvalue weighted by molar-refractivity contribution is 6.00. The molecule has 26 heteroatoms. The SMILES string of the molecule is CC=CC[C@@H](C)[C@@H](O)[C@H]1C(=O)N[C@@H](CC)C(=O)N(C)C(Cc2ccc(C(=O)NCCCCCCN)cc2)C(=O)N(C)[C@@H](CC(C)C)C(=O)N[C@@H](C(C)C)C(=O)N(C)[C@@H](CC(C)C)C(=O)N[C@@H](C)C(=O)N[C@H](C)C(=O)N(C)[C@@H](CC(C)C)C(=O)N(C)[C@@H](CC(C)C)C(=O)N(C)[C@@H](C(C)C)C(=O)N1C. The lowest BCUT2D eigenvalue weighted by molar-refractivity contribution is -0.157. The monoisotopic (exact) mass is 1430 g/mol. The van der Waals surface area contributed by atoms with Crippen LogP contribution in [0.3, 0.4) is 0 Å². The number of carbonyl (C=O) groups excluding carboxylic acids is 12. The molecule has 102 heavy (non-hydrogen) atoms. The van der Waals surface area contributed by atoms with E-state index >= 15 is 33.6 Å². The number of aliphatic hydroxyl groups excluding tert-OH is 1. The van der Waals surface area contributed by atoms with Crippen LogP contribution in [0, 0.1) is 41.4 Å². The third kappa shape index (κ3) is 26.0. The topological polar surface area (TPSA) is 334 Å². The molecular formula is C76H131N13O13. The third-order valence-electron chi connectivity index (χ3n) is 19.4. The van der Waals surface area contributed by atoms with Crippen LogP contribution in [0.1, 0.15) is 198 Å². The molecule has 1 aromatic rings. The number of rotatable bonds is 24. The van der Waals surface area contributed by atoms with Crippen LogP contribution < -0.4 is 32.3 Å². The van der Waals surface area contributed by atoms with Crippen molar-refractivity contribution >= 4 is 70.9 Å². The van der Waals surface area contributed by atoms with Gasteiger partial charge in [-0.25, -0.2) is 0 Å². The number of nitrogens with zero attached hydrogens (tertiary/aromatic N) is 7. The molecule has 578 valence electrons. The predicted molar refractivity (Wildman–Crippen MR) is 397 cm³/mol. The van der Waals surface area contributed by atoms with Gasteiger partial charge < -0.3 is 71.7 Å². The molecule has 1 unspecified atom stereocenters. The van der Waals surface area contributed by atoms with E-state index in [2.05, 4.69) is 26.6 Å². The summed E-state index contributed by atoms with van der Waals surface area (Å²) in [6.07, 6.45) is 6.01. The summed E-state index contributed by atoms with van der Waals surface area (Å²) < 4.78 is 0. The van der Waals surface area contributed by atoms with Crippen molar-refractivity contribution in [1.29, 1.82) is 0 Å². The summed E-state index contributed by atoms with van der Waals surface area (Å²) in [6, 6.07) is -7.82. The maximum absolute atomic E-state index is 15.7. The molecule has 0 aromatic heterocycles. The number of aliphatic hydroxyl groups is 1. The molecule has 1 aliphatic heterocycles. The second-order valence-electron chi connectivity index (χ2n) is 30.7. The van der Waals surface area contributed by atoms with E-state index in [0.29, 0.717) is 24.2 Å². The summed E-state index contributed by atoms with van der Waals surface area (Å²) in [7, 11) is 9.93. The van der Waals surface area contributed by atoms with Gasteiger partial charge in [0.2, 0.25) is 65.0 Å². The first-order valence-corrected chi connectivity index (χ1v) is 37.0.